The Hall–Kier alpha value is 0.340. The van der Waals surface area contributed by atoms with Crippen molar-refractivity contribution in [2.45, 2.75) is 0 Å². The summed E-state index contributed by atoms with van der Waals surface area (Å²) >= 11 is 27.9. The molecule has 1 aromatic carbocycles. The molecule has 0 aliphatic rings. The molecule has 0 aliphatic heterocycles. The van der Waals surface area contributed by atoms with Crippen LogP contribution in [-0.4, -0.2) is 5.24 Å². The number of hydrogen-bond acceptors (Lipinski definition) is 1. The van der Waals surface area contributed by atoms with E-state index in [2.05, 4.69) is 0 Å². The maximum atomic E-state index is 10.9. The van der Waals surface area contributed by atoms with E-state index in [1.807, 2.05) is 0 Å². The third-order valence-corrected chi connectivity index (χ3v) is 3.07. The van der Waals surface area contributed by atoms with E-state index in [0.717, 1.165) is 0 Å². The van der Waals surface area contributed by atoms with Crippen molar-refractivity contribution in [1.82, 2.24) is 0 Å². The number of carbonyl (C=O) groups is 1. The van der Waals surface area contributed by atoms with Crippen molar-refractivity contribution in [2.24, 2.45) is 0 Å². The summed E-state index contributed by atoms with van der Waals surface area (Å²) in [7, 11) is 0. The maximum absolute atomic E-state index is 10.9. The summed E-state index contributed by atoms with van der Waals surface area (Å²) < 4.78 is 0. The summed E-state index contributed by atoms with van der Waals surface area (Å²) in [5, 5.41) is -0.494. The Balaban J connectivity index is 3.56. The van der Waals surface area contributed by atoms with Crippen LogP contribution in [-0.2, 0) is 0 Å². The molecule has 0 unspecified atom stereocenters. The fourth-order valence-corrected chi connectivity index (χ4v) is 2.01. The van der Waals surface area contributed by atoms with Crippen molar-refractivity contribution in [1.29, 1.82) is 0 Å². The second-order valence-corrected chi connectivity index (χ2v) is 4.03. The number of halogens is 5. The zero-order valence-corrected chi connectivity index (χ0v) is 9.66. The topological polar surface area (TPSA) is 17.1 Å². The van der Waals surface area contributed by atoms with Gasteiger partial charge in [0.1, 0.15) is 0 Å². The van der Waals surface area contributed by atoms with Crippen LogP contribution in [0.15, 0.2) is 6.07 Å². The van der Waals surface area contributed by atoms with Gasteiger partial charge in [-0.15, -0.1) is 0 Å². The number of benzene rings is 1. The Morgan fingerprint density at radius 3 is 1.69 bits per heavy atom. The SMILES string of the molecule is O=C(Cl)c1c(Cl)c(Cl)cc(Cl)c1Cl. The van der Waals surface area contributed by atoms with Crippen LogP contribution >= 0.6 is 58.0 Å². The van der Waals surface area contributed by atoms with Crippen molar-refractivity contribution in [3.05, 3.63) is 31.7 Å². The van der Waals surface area contributed by atoms with Crippen LogP contribution in [0.2, 0.25) is 20.1 Å². The molecule has 70 valence electrons. The molecule has 0 aromatic heterocycles. The van der Waals surface area contributed by atoms with E-state index in [0.29, 0.717) is 0 Å². The minimum atomic E-state index is -0.792. The van der Waals surface area contributed by atoms with Gasteiger partial charge in [-0.25, -0.2) is 0 Å². The molecule has 0 bridgehead atoms. The van der Waals surface area contributed by atoms with Crippen LogP contribution in [0, 0.1) is 0 Å². The lowest BCUT2D eigenvalue weighted by molar-refractivity contribution is 0.108. The molecule has 13 heavy (non-hydrogen) atoms. The number of hydrogen-bond donors (Lipinski definition) is 0. The lowest BCUT2D eigenvalue weighted by atomic mass is 10.2. The molecular weight excluding hydrogens is 277 g/mol. The smallest absolute Gasteiger partial charge is 0.255 e. The Labute approximate surface area is 99.5 Å². The summed E-state index contributed by atoms with van der Waals surface area (Å²) in [4.78, 5) is 10.9. The molecule has 0 heterocycles. The summed E-state index contributed by atoms with van der Waals surface area (Å²) in [5.74, 6) is 0. The minimum absolute atomic E-state index is 0.0102. The predicted octanol–water partition coefficient (Wildman–Crippen LogP) is 4.68. The van der Waals surface area contributed by atoms with Gasteiger partial charge in [-0.2, -0.15) is 0 Å². The summed E-state index contributed by atoms with van der Waals surface area (Å²) in [5.41, 5.74) is -0.0671. The van der Waals surface area contributed by atoms with Gasteiger partial charge in [-0.1, -0.05) is 46.4 Å². The Bertz CT molecular complexity index is 347. The van der Waals surface area contributed by atoms with E-state index < -0.39 is 5.24 Å². The Kier molecular flexibility index (Phi) is 3.73. The van der Waals surface area contributed by atoms with Gasteiger partial charge in [0.2, 0.25) is 0 Å². The summed E-state index contributed by atoms with van der Waals surface area (Å²) in [6.45, 7) is 0. The van der Waals surface area contributed by atoms with E-state index in [1.54, 1.807) is 0 Å². The van der Waals surface area contributed by atoms with Crippen LogP contribution in [0.5, 0.6) is 0 Å². The first-order valence-corrected chi connectivity index (χ1v) is 4.87. The van der Waals surface area contributed by atoms with Crippen LogP contribution in [0.1, 0.15) is 10.4 Å². The van der Waals surface area contributed by atoms with E-state index in [9.17, 15) is 4.79 Å². The van der Waals surface area contributed by atoms with Gasteiger partial charge in [-0.3, -0.25) is 4.79 Å². The largest absolute Gasteiger partial charge is 0.275 e. The zero-order chi connectivity index (χ0) is 10.2. The van der Waals surface area contributed by atoms with Gasteiger partial charge in [-0.05, 0) is 17.7 Å². The van der Waals surface area contributed by atoms with E-state index in [4.69, 9.17) is 58.0 Å². The van der Waals surface area contributed by atoms with Crippen LogP contribution in [0.25, 0.3) is 0 Å². The molecule has 1 rings (SSSR count). The molecule has 1 nitrogen and oxygen atoms in total. The van der Waals surface area contributed by atoms with Gasteiger partial charge < -0.3 is 0 Å². The Morgan fingerprint density at radius 1 is 1.00 bits per heavy atom. The second kappa shape index (κ2) is 4.24. The Morgan fingerprint density at radius 2 is 1.38 bits per heavy atom. The highest BCUT2D eigenvalue weighted by Crippen LogP contribution is 2.37. The zero-order valence-electron chi connectivity index (χ0n) is 5.88. The van der Waals surface area contributed by atoms with Crippen LogP contribution in [0.4, 0.5) is 0 Å². The number of rotatable bonds is 1. The second-order valence-electron chi connectivity index (χ2n) is 2.12. The van der Waals surface area contributed by atoms with Crippen LogP contribution < -0.4 is 0 Å². The molecule has 6 heteroatoms. The third-order valence-electron chi connectivity index (χ3n) is 1.31. The molecule has 1 aromatic rings. The summed E-state index contributed by atoms with van der Waals surface area (Å²) in [6.07, 6.45) is 0. The van der Waals surface area contributed by atoms with E-state index in [-0.39, 0.29) is 25.7 Å². The molecule has 0 amide bonds. The quantitative estimate of drug-likeness (QED) is 0.538. The maximum Gasteiger partial charge on any atom is 0.255 e. The highest BCUT2D eigenvalue weighted by molar-refractivity contribution is 6.70. The molecule has 0 spiro atoms. The minimum Gasteiger partial charge on any atom is -0.275 e. The van der Waals surface area contributed by atoms with Gasteiger partial charge in [0, 0.05) is 0 Å². The highest BCUT2D eigenvalue weighted by Gasteiger charge is 2.18. The van der Waals surface area contributed by atoms with Gasteiger partial charge >= 0.3 is 0 Å². The average molecular weight is 278 g/mol. The van der Waals surface area contributed by atoms with Gasteiger partial charge in [0.05, 0.1) is 25.7 Å². The van der Waals surface area contributed by atoms with Crippen molar-refractivity contribution >= 4 is 63.2 Å². The third kappa shape index (κ3) is 2.23. The van der Waals surface area contributed by atoms with E-state index >= 15 is 0 Å². The predicted molar refractivity (Wildman–Crippen MR) is 56.7 cm³/mol. The first-order valence-electron chi connectivity index (χ1n) is 2.98. The molecule has 0 radical (unpaired) electrons. The summed E-state index contributed by atoms with van der Waals surface area (Å²) in [6, 6.07) is 1.34. The van der Waals surface area contributed by atoms with Gasteiger partial charge in [0.25, 0.3) is 5.24 Å². The molecular formula is C7HCl5O. The monoisotopic (exact) mass is 276 g/mol. The number of carbonyl (C=O) groups excluding carboxylic acids is 1. The van der Waals surface area contributed by atoms with Crippen molar-refractivity contribution in [2.75, 3.05) is 0 Å². The molecule has 0 atom stereocenters. The lowest BCUT2D eigenvalue weighted by Crippen LogP contribution is -1.93. The fourth-order valence-electron chi connectivity index (χ4n) is 0.746. The molecule has 0 aliphatic carbocycles. The molecule has 0 N–H and O–H groups in total. The van der Waals surface area contributed by atoms with Crippen molar-refractivity contribution < 1.29 is 4.79 Å². The first-order chi connectivity index (χ1) is 5.95. The standard InChI is InChI=1S/C7HCl5O/c8-2-1-3(9)6(11)4(5(2)10)7(12)13/h1H. The highest BCUT2D eigenvalue weighted by atomic mass is 35.5. The lowest BCUT2D eigenvalue weighted by Gasteiger charge is -2.05. The van der Waals surface area contributed by atoms with Gasteiger partial charge in [0.15, 0.2) is 0 Å². The van der Waals surface area contributed by atoms with Crippen molar-refractivity contribution in [3.63, 3.8) is 0 Å². The van der Waals surface area contributed by atoms with Crippen LogP contribution in [0.3, 0.4) is 0 Å². The van der Waals surface area contributed by atoms with Crippen molar-refractivity contribution in [3.8, 4) is 0 Å². The molecule has 0 saturated heterocycles. The average Bonchev–Trinajstić information content (AvgIpc) is 2.01. The first kappa shape index (κ1) is 11.4. The molecule has 0 saturated carbocycles. The van der Waals surface area contributed by atoms with E-state index in [1.165, 1.54) is 6.07 Å². The molecule has 0 fully saturated rings. The normalized spacial score (nSPS) is 10.2. The fraction of sp³-hybridized carbons (Fsp3) is 0.